The van der Waals surface area contributed by atoms with E-state index in [2.05, 4.69) is 11.8 Å². The number of hydrogen-bond donors (Lipinski definition) is 1. The molecule has 4 heteroatoms. The van der Waals surface area contributed by atoms with Crippen LogP contribution in [0.5, 0.6) is 0 Å². The molecule has 0 aliphatic carbocycles. The molecule has 4 nitrogen and oxygen atoms in total. The molecular weight excluding hydrogens is 250 g/mol. The van der Waals surface area contributed by atoms with Crippen LogP contribution in [0.1, 0.15) is 52.4 Å². The summed E-state index contributed by atoms with van der Waals surface area (Å²) in [7, 11) is 0. The molecule has 20 heavy (non-hydrogen) atoms. The summed E-state index contributed by atoms with van der Waals surface area (Å²) >= 11 is 0. The van der Waals surface area contributed by atoms with Gasteiger partial charge < -0.3 is 15.5 Å². The summed E-state index contributed by atoms with van der Waals surface area (Å²) in [6.45, 7) is 8.54. The van der Waals surface area contributed by atoms with Crippen LogP contribution in [0.4, 0.5) is 0 Å². The number of piperidine rings is 2. The molecule has 2 fully saturated rings. The van der Waals surface area contributed by atoms with Gasteiger partial charge in [0.1, 0.15) is 0 Å². The molecule has 0 radical (unpaired) electrons. The van der Waals surface area contributed by atoms with E-state index in [1.54, 1.807) is 0 Å². The SMILES string of the molecule is CCC(N)C(=O)N1CCCC(CN2CCCCC2C)C1. The first kappa shape index (κ1) is 15.8. The van der Waals surface area contributed by atoms with E-state index in [1.807, 2.05) is 11.8 Å². The van der Waals surface area contributed by atoms with E-state index in [4.69, 9.17) is 5.73 Å². The van der Waals surface area contributed by atoms with E-state index in [1.165, 1.54) is 32.2 Å². The van der Waals surface area contributed by atoms with E-state index < -0.39 is 0 Å². The molecule has 3 atom stereocenters. The van der Waals surface area contributed by atoms with E-state index in [9.17, 15) is 4.79 Å². The Labute approximate surface area is 123 Å². The van der Waals surface area contributed by atoms with Gasteiger partial charge in [0.05, 0.1) is 6.04 Å². The molecule has 0 aromatic carbocycles. The van der Waals surface area contributed by atoms with Crippen molar-refractivity contribution in [3.05, 3.63) is 0 Å². The van der Waals surface area contributed by atoms with Crippen molar-refractivity contribution in [3.8, 4) is 0 Å². The number of nitrogens with two attached hydrogens (primary N) is 1. The molecule has 2 aliphatic heterocycles. The average molecular weight is 281 g/mol. The second-order valence-corrected chi connectivity index (χ2v) is 6.65. The average Bonchev–Trinajstić information content (AvgIpc) is 2.48. The zero-order valence-corrected chi connectivity index (χ0v) is 13.2. The van der Waals surface area contributed by atoms with Gasteiger partial charge in [0.2, 0.25) is 5.91 Å². The maximum absolute atomic E-state index is 12.2. The largest absolute Gasteiger partial charge is 0.341 e. The van der Waals surface area contributed by atoms with Gasteiger partial charge in [-0.2, -0.15) is 0 Å². The topological polar surface area (TPSA) is 49.6 Å². The molecule has 2 rings (SSSR count). The number of amides is 1. The third-order valence-electron chi connectivity index (χ3n) is 5.02. The van der Waals surface area contributed by atoms with Crippen LogP contribution in [0.15, 0.2) is 0 Å². The first-order chi connectivity index (χ1) is 9.61. The Balaban J connectivity index is 1.85. The summed E-state index contributed by atoms with van der Waals surface area (Å²) in [5.41, 5.74) is 5.90. The van der Waals surface area contributed by atoms with Crippen LogP contribution in [0.3, 0.4) is 0 Å². The summed E-state index contributed by atoms with van der Waals surface area (Å²) in [5.74, 6) is 0.793. The molecule has 1 amide bonds. The van der Waals surface area contributed by atoms with Crippen molar-refractivity contribution in [1.29, 1.82) is 0 Å². The lowest BCUT2D eigenvalue weighted by Gasteiger charge is -2.40. The Morgan fingerprint density at radius 3 is 2.75 bits per heavy atom. The van der Waals surface area contributed by atoms with Gasteiger partial charge in [-0.1, -0.05) is 13.3 Å². The van der Waals surface area contributed by atoms with Crippen molar-refractivity contribution >= 4 is 5.91 Å². The van der Waals surface area contributed by atoms with Gasteiger partial charge in [-0.15, -0.1) is 0 Å². The van der Waals surface area contributed by atoms with Crippen molar-refractivity contribution < 1.29 is 4.79 Å². The number of nitrogens with zero attached hydrogens (tertiary/aromatic N) is 2. The molecule has 3 unspecified atom stereocenters. The molecule has 0 aromatic rings. The molecule has 2 N–H and O–H groups in total. The van der Waals surface area contributed by atoms with E-state index in [-0.39, 0.29) is 11.9 Å². The van der Waals surface area contributed by atoms with Crippen molar-refractivity contribution in [2.75, 3.05) is 26.2 Å². The standard InChI is InChI=1S/C16H31N3O/c1-3-15(17)16(20)19-10-6-8-14(12-19)11-18-9-5-4-7-13(18)2/h13-15H,3-12,17H2,1-2H3. The lowest BCUT2D eigenvalue weighted by molar-refractivity contribution is -0.134. The Kier molecular flexibility index (Phi) is 5.85. The second kappa shape index (κ2) is 7.41. The smallest absolute Gasteiger partial charge is 0.239 e. The molecule has 2 aliphatic rings. The highest BCUT2D eigenvalue weighted by Crippen LogP contribution is 2.23. The van der Waals surface area contributed by atoms with Crippen molar-refractivity contribution in [3.63, 3.8) is 0 Å². The Morgan fingerprint density at radius 2 is 2.05 bits per heavy atom. The van der Waals surface area contributed by atoms with Crippen LogP contribution in [0.25, 0.3) is 0 Å². The van der Waals surface area contributed by atoms with Gasteiger partial charge in [0.25, 0.3) is 0 Å². The lowest BCUT2D eigenvalue weighted by atomic mass is 9.94. The minimum Gasteiger partial charge on any atom is -0.341 e. The van der Waals surface area contributed by atoms with Gasteiger partial charge in [-0.25, -0.2) is 0 Å². The predicted molar refractivity (Wildman–Crippen MR) is 82.5 cm³/mol. The van der Waals surface area contributed by atoms with Crippen molar-refractivity contribution in [2.24, 2.45) is 11.7 Å². The van der Waals surface area contributed by atoms with Gasteiger partial charge in [0, 0.05) is 25.7 Å². The van der Waals surface area contributed by atoms with Crippen LogP contribution >= 0.6 is 0 Å². The summed E-state index contributed by atoms with van der Waals surface area (Å²) in [6, 6.07) is 0.412. The summed E-state index contributed by atoms with van der Waals surface area (Å²) in [6.07, 6.45) is 7.17. The second-order valence-electron chi connectivity index (χ2n) is 6.65. The van der Waals surface area contributed by atoms with Crippen LogP contribution in [-0.4, -0.2) is 54.0 Å². The molecule has 0 bridgehead atoms. The molecule has 0 aromatic heterocycles. The Bertz CT molecular complexity index is 321. The fourth-order valence-electron chi connectivity index (χ4n) is 3.58. The lowest BCUT2D eigenvalue weighted by Crippen LogP contribution is -2.50. The first-order valence-electron chi connectivity index (χ1n) is 8.40. The van der Waals surface area contributed by atoms with Gasteiger partial charge in [0.15, 0.2) is 0 Å². The third kappa shape index (κ3) is 3.95. The zero-order chi connectivity index (χ0) is 14.5. The molecule has 0 saturated carbocycles. The zero-order valence-electron chi connectivity index (χ0n) is 13.2. The van der Waals surface area contributed by atoms with E-state index >= 15 is 0 Å². The fourth-order valence-corrected chi connectivity index (χ4v) is 3.58. The minimum absolute atomic E-state index is 0.156. The van der Waals surface area contributed by atoms with Crippen LogP contribution in [0.2, 0.25) is 0 Å². The Morgan fingerprint density at radius 1 is 1.25 bits per heavy atom. The Hall–Kier alpha value is -0.610. The van der Waals surface area contributed by atoms with Crippen LogP contribution in [0, 0.1) is 5.92 Å². The maximum atomic E-state index is 12.2. The summed E-state index contributed by atoms with van der Waals surface area (Å²) in [4.78, 5) is 16.9. The van der Waals surface area contributed by atoms with Crippen LogP contribution < -0.4 is 5.73 Å². The van der Waals surface area contributed by atoms with Crippen molar-refractivity contribution in [1.82, 2.24) is 9.80 Å². The number of carbonyl (C=O) groups is 1. The quantitative estimate of drug-likeness (QED) is 0.855. The normalized spacial score (nSPS) is 30.2. The molecule has 2 saturated heterocycles. The highest BCUT2D eigenvalue weighted by Gasteiger charge is 2.29. The third-order valence-corrected chi connectivity index (χ3v) is 5.02. The minimum atomic E-state index is -0.303. The summed E-state index contributed by atoms with van der Waals surface area (Å²) in [5, 5.41) is 0. The highest BCUT2D eigenvalue weighted by atomic mass is 16.2. The highest BCUT2D eigenvalue weighted by molar-refractivity contribution is 5.81. The summed E-state index contributed by atoms with van der Waals surface area (Å²) < 4.78 is 0. The predicted octanol–water partition coefficient (Wildman–Crippen LogP) is 1.84. The fraction of sp³-hybridized carbons (Fsp3) is 0.938. The molecule has 116 valence electrons. The van der Waals surface area contributed by atoms with E-state index in [0.717, 1.165) is 32.5 Å². The molecule has 0 spiro atoms. The van der Waals surface area contributed by atoms with Crippen molar-refractivity contribution in [2.45, 2.75) is 64.5 Å². The monoisotopic (exact) mass is 281 g/mol. The number of carbonyl (C=O) groups excluding carboxylic acids is 1. The van der Waals surface area contributed by atoms with Gasteiger partial charge in [-0.3, -0.25) is 4.79 Å². The maximum Gasteiger partial charge on any atom is 0.239 e. The number of hydrogen-bond acceptors (Lipinski definition) is 3. The number of rotatable bonds is 4. The first-order valence-corrected chi connectivity index (χ1v) is 8.40. The molecular formula is C16H31N3O. The van der Waals surface area contributed by atoms with E-state index in [0.29, 0.717) is 12.0 Å². The van der Waals surface area contributed by atoms with Gasteiger partial charge in [-0.05, 0) is 51.5 Å². The number of likely N-dealkylation sites (tertiary alicyclic amines) is 2. The molecule has 2 heterocycles. The van der Waals surface area contributed by atoms with Crippen LogP contribution in [-0.2, 0) is 4.79 Å². The van der Waals surface area contributed by atoms with Gasteiger partial charge >= 0.3 is 0 Å².